The largest absolute Gasteiger partial charge is 0.481 e. The lowest BCUT2D eigenvalue weighted by molar-refractivity contribution is -0.141. The third kappa shape index (κ3) is 23.7. The zero-order valence-electron chi connectivity index (χ0n) is 21.9. The fourth-order valence-corrected chi connectivity index (χ4v) is 3.54. The molecule has 0 aromatic heterocycles. The molecule has 1 heterocycles. The van der Waals surface area contributed by atoms with Crippen LogP contribution in [-0.4, -0.2) is 163 Å². The van der Waals surface area contributed by atoms with Gasteiger partial charge in [0.25, 0.3) is 0 Å². The molecule has 17 heteroatoms. The fraction of sp³-hybridized carbons (Fsp3) is 0.762. The van der Waals surface area contributed by atoms with Crippen LogP contribution in [-0.2, 0) is 35.0 Å². The third-order valence-electron chi connectivity index (χ3n) is 4.88. The Morgan fingerprint density at radius 1 is 0.553 bits per heavy atom. The topological polar surface area (TPSA) is 243 Å². The van der Waals surface area contributed by atoms with E-state index in [2.05, 4.69) is 0 Å². The molecule has 1 saturated heterocycles. The molecule has 1 aliphatic rings. The smallest absolute Gasteiger partial charge is 0.317 e. The van der Waals surface area contributed by atoms with Crippen molar-refractivity contribution in [2.45, 2.75) is 20.3 Å². The van der Waals surface area contributed by atoms with Gasteiger partial charge in [-0.05, 0) is 0 Å². The molecule has 1 aliphatic heterocycles. The van der Waals surface area contributed by atoms with E-state index in [9.17, 15) is 28.2 Å². The highest BCUT2D eigenvalue weighted by molar-refractivity contribution is 7.82. The molecule has 7 N–H and O–H groups in total. The monoisotopic (exact) mass is 571 g/mol. The molecule has 0 aromatic carbocycles. The van der Waals surface area contributed by atoms with E-state index in [1.807, 2.05) is 13.8 Å². The molecule has 1 fully saturated rings. The maximum Gasteiger partial charge on any atom is 0.317 e. The van der Waals surface area contributed by atoms with E-state index >= 15 is 0 Å². The van der Waals surface area contributed by atoms with Crippen molar-refractivity contribution in [3.05, 3.63) is 0 Å². The van der Waals surface area contributed by atoms with Gasteiger partial charge in [0, 0.05) is 58.1 Å². The summed E-state index contributed by atoms with van der Waals surface area (Å²) < 4.78 is 9.97. The normalized spacial score (nSPS) is 17.2. The minimum absolute atomic E-state index is 0.0370. The van der Waals surface area contributed by atoms with Gasteiger partial charge in [0.2, 0.25) is 0 Å². The molecule has 0 radical (unpaired) electrons. The van der Waals surface area contributed by atoms with Gasteiger partial charge in [-0.1, -0.05) is 13.8 Å². The molecule has 16 nitrogen and oxygen atoms in total. The summed E-state index contributed by atoms with van der Waals surface area (Å²) in [7, 11) is -1.47. The molecular weight excluding hydrogens is 530 g/mol. The van der Waals surface area contributed by atoms with Crippen molar-refractivity contribution in [1.82, 2.24) is 19.6 Å². The lowest BCUT2D eigenvalue weighted by Crippen LogP contribution is -2.49. The van der Waals surface area contributed by atoms with Crippen molar-refractivity contribution < 1.29 is 53.7 Å². The zero-order valence-corrected chi connectivity index (χ0v) is 22.7. The van der Waals surface area contributed by atoms with Gasteiger partial charge < -0.3 is 25.5 Å². The van der Waals surface area contributed by atoms with Gasteiger partial charge >= 0.3 is 29.8 Å². The van der Waals surface area contributed by atoms with Crippen LogP contribution < -0.4 is 5.14 Å². The predicted octanol–water partition coefficient (Wildman–Crippen LogP) is -2.34. The van der Waals surface area contributed by atoms with Gasteiger partial charge in [0.1, 0.15) is 0 Å². The molecule has 0 bridgehead atoms. The number of carboxylic acids is 5. The minimum atomic E-state index is -1.47. The van der Waals surface area contributed by atoms with Gasteiger partial charge in [-0.3, -0.25) is 48.7 Å². The first-order valence-electron chi connectivity index (χ1n) is 11.9. The van der Waals surface area contributed by atoms with Gasteiger partial charge in [0.05, 0.1) is 43.6 Å². The quantitative estimate of drug-likeness (QED) is 0.152. The number of aliphatic carboxylic acids is 5. The zero-order chi connectivity index (χ0) is 29.7. The summed E-state index contributed by atoms with van der Waals surface area (Å²) in [5, 5.41) is 49.0. The SMILES string of the molecule is CC.NS(=O)CCC(=O)O.O=C(O)CN1CCN(CC(=O)O)CCN(CC(=O)O)CCN(CC(=O)O)CC1. The van der Waals surface area contributed by atoms with Crippen molar-refractivity contribution in [1.29, 1.82) is 0 Å². The first-order valence-corrected chi connectivity index (χ1v) is 13.3. The van der Waals surface area contributed by atoms with Crippen LogP contribution in [0.1, 0.15) is 20.3 Å². The van der Waals surface area contributed by atoms with E-state index in [1.165, 1.54) is 0 Å². The number of nitrogens with two attached hydrogens (primary N) is 1. The molecule has 0 amide bonds. The molecule has 0 saturated carbocycles. The molecule has 1 unspecified atom stereocenters. The first-order chi connectivity index (χ1) is 17.8. The molecule has 0 spiro atoms. The molecule has 1 rings (SSSR count). The summed E-state index contributed by atoms with van der Waals surface area (Å²) in [5.41, 5.74) is 0. The van der Waals surface area contributed by atoms with Crippen LogP contribution in [0.5, 0.6) is 0 Å². The van der Waals surface area contributed by atoms with Gasteiger partial charge in [0.15, 0.2) is 0 Å². The Kier molecular flexibility index (Phi) is 22.0. The Bertz CT molecular complexity index is 646. The summed E-state index contributed by atoms with van der Waals surface area (Å²) in [4.78, 5) is 60.6. The second-order valence-corrected chi connectivity index (χ2v) is 9.08. The van der Waals surface area contributed by atoms with Crippen LogP contribution in [0, 0.1) is 0 Å². The summed E-state index contributed by atoms with van der Waals surface area (Å²) in [6.45, 7) is 5.52. The van der Waals surface area contributed by atoms with Crippen LogP contribution in [0.3, 0.4) is 0 Å². The summed E-state index contributed by atoms with van der Waals surface area (Å²) >= 11 is 0. The standard InChI is InChI=1S/C16H28N4O8.C3H7NO3S.C2H6/c21-13(22)9-17-1-2-18(10-14(23)24)5-6-20(12-16(27)28)8-7-19(4-3-17)11-15(25)26;4-8(7)2-1-3(5)6;1-2/h1-12H2,(H,21,22)(H,23,24)(H,25,26)(H,27,28);1-2,4H2,(H,5,6);1-2H3. The molecule has 0 aromatic rings. The van der Waals surface area contributed by atoms with Gasteiger partial charge in [-0.2, -0.15) is 0 Å². The summed E-state index contributed by atoms with van der Waals surface area (Å²) in [6.07, 6.45) is -0.122. The Labute approximate surface area is 224 Å². The third-order valence-corrected chi connectivity index (χ3v) is 5.49. The van der Waals surface area contributed by atoms with Crippen molar-refractivity contribution in [2.24, 2.45) is 5.14 Å². The summed E-state index contributed by atoms with van der Waals surface area (Å²) in [6, 6.07) is 0. The van der Waals surface area contributed by atoms with Crippen LogP contribution in [0.4, 0.5) is 0 Å². The van der Waals surface area contributed by atoms with Crippen LogP contribution >= 0.6 is 0 Å². The average Bonchev–Trinajstić information content (AvgIpc) is 2.80. The molecule has 38 heavy (non-hydrogen) atoms. The van der Waals surface area contributed by atoms with Crippen molar-refractivity contribution in [3.63, 3.8) is 0 Å². The lowest BCUT2D eigenvalue weighted by atomic mass is 10.3. The Morgan fingerprint density at radius 3 is 0.868 bits per heavy atom. The summed E-state index contributed by atoms with van der Waals surface area (Å²) in [5.74, 6) is -5.01. The Balaban J connectivity index is 0. The molecule has 1 atom stereocenters. The lowest BCUT2D eigenvalue weighted by Gasteiger charge is -2.32. The van der Waals surface area contributed by atoms with Crippen molar-refractivity contribution >= 4 is 40.8 Å². The number of hydrogen-bond donors (Lipinski definition) is 6. The first kappa shape index (κ1) is 37.5. The van der Waals surface area contributed by atoms with Crippen LogP contribution in [0.2, 0.25) is 0 Å². The molecular formula is C21H41N5O11S. The van der Waals surface area contributed by atoms with E-state index in [0.717, 1.165) is 0 Å². The van der Waals surface area contributed by atoms with E-state index in [1.54, 1.807) is 19.6 Å². The van der Waals surface area contributed by atoms with Gasteiger partial charge in [-0.25, -0.2) is 4.21 Å². The Hall–Kier alpha value is -2.70. The van der Waals surface area contributed by atoms with Crippen LogP contribution in [0.15, 0.2) is 0 Å². The second-order valence-electron chi connectivity index (χ2n) is 7.91. The van der Waals surface area contributed by atoms with Crippen molar-refractivity contribution in [3.8, 4) is 0 Å². The van der Waals surface area contributed by atoms with Gasteiger partial charge in [-0.15, -0.1) is 0 Å². The maximum absolute atomic E-state index is 11.1. The highest BCUT2D eigenvalue weighted by Gasteiger charge is 2.20. The number of hydrogen-bond acceptors (Lipinski definition) is 10. The molecule has 0 aliphatic carbocycles. The number of carbonyl (C=O) groups is 5. The van der Waals surface area contributed by atoms with E-state index < -0.39 is 40.8 Å². The Morgan fingerprint density at radius 2 is 0.763 bits per heavy atom. The highest BCUT2D eigenvalue weighted by Crippen LogP contribution is 2.01. The van der Waals surface area contributed by atoms with E-state index in [-0.39, 0.29) is 38.4 Å². The second kappa shape index (κ2) is 22.3. The van der Waals surface area contributed by atoms with E-state index in [0.29, 0.717) is 52.4 Å². The van der Waals surface area contributed by atoms with Crippen molar-refractivity contribution in [2.75, 3.05) is 84.3 Å². The number of nitrogens with zero attached hydrogens (tertiary/aromatic N) is 4. The average molecular weight is 572 g/mol. The predicted molar refractivity (Wildman–Crippen MR) is 137 cm³/mol. The van der Waals surface area contributed by atoms with E-state index in [4.69, 9.17) is 30.7 Å². The maximum atomic E-state index is 11.1. The molecule has 222 valence electrons. The highest BCUT2D eigenvalue weighted by atomic mass is 32.2. The van der Waals surface area contributed by atoms with Crippen LogP contribution in [0.25, 0.3) is 0 Å². The number of carboxylic acid groups (broad SMARTS) is 5. The minimum Gasteiger partial charge on any atom is -0.481 e. The fourth-order valence-electron chi connectivity index (χ4n) is 3.16. The number of rotatable bonds is 11.